The number of esters is 8. The topological polar surface area (TPSA) is 247 Å². The van der Waals surface area contributed by atoms with Crippen molar-refractivity contribution in [3.05, 3.63) is 0 Å². The van der Waals surface area contributed by atoms with Crippen LogP contribution in [-0.2, 0) is 95.2 Å². The maximum absolute atomic E-state index is 12.4. The Labute approximate surface area is 285 Å². The molecule has 10 atom stereocenters. The molecule has 3 rings (SSSR count). The van der Waals surface area contributed by atoms with Crippen molar-refractivity contribution in [3.8, 4) is 0 Å². The molecule has 0 bridgehead atoms. The van der Waals surface area contributed by atoms with Crippen molar-refractivity contribution in [3.63, 3.8) is 0 Å². The number of hydrogen-bond acceptors (Lipinski definition) is 20. The van der Waals surface area contributed by atoms with Crippen molar-refractivity contribution in [2.75, 3.05) is 26.4 Å². The highest BCUT2D eigenvalue weighted by Gasteiger charge is 2.69. The molecule has 20 heteroatoms. The molecule has 2 spiro atoms. The predicted octanol–water partition coefficient (Wildman–Crippen LogP) is -1.06. The zero-order valence-corrected chi connectivity index (χ0v) is 28.6. The first-order chi connectivity index (χ1) is 23.3. The van der Waals surface area contributed by atoms with Gasteiger partial charge in [-0.3, -0.25) is 38.4 Å². The van der Waals surface area contributed by atoms with E-state index in [-0.39, 0.29) is 0 Å². The van der Waals surface area contributed by atoms with Crippen molar-refractivity contribution < 1.29 is 95.2 Å². The second-order valence-electron chi connectivity index (χ2n) is 11.5. The molecule has 3 aliphatic heterocycles. The number of hydrogen-bond donors (Lipinski definition) is 0. The zero-order chi connectivity index (χ0) is 37.6. The summed E-state index contributed by atoms with van der Waals surface area (Å²) in [5.41, 5.74) is 0. The molecule has 0 amide bonds. The van der Waals surface area contributed by atoms with Gasteiger partial charge in [0.05, 0.1) is 0 Å². The largest absolute Gasteiger partial charge is 0.463 e. The van der Waals surface area contributed by atoms with Gasteiger partial charge in [-0.1, -0.05) is 0 Å². The Morgan fingerprint density at radius 2 is 0.720 bits per heavy atom. The molecule has 20 nitrogen and oxygen atoms in total. The van der Waals surface area contributed by atoms with Gasteiger partial charge in [-0.25, -0.2) is 0 Å². The van der Waals surface area contributed by atoms with E-state index in [1.165, 1.54) is 0 Å². The van der Waals surface area contributed by atoms with E-state index in [0.717, 1.165) is 55.4 Å². The fraction of sp³-hybridized carbons (Fsp3) is 0.733. The molecule has 0 radical (unpaired) electrons. The number of rotatable bonds is 10. The second-order valence-corrected chi connectivity index (χ2v) is 11.5. The Morgan fingerprint density at radius 3 is 0.960 bits per heavy atom. The van der Waals surface area contributed by atoms with Crippen LogP contribution in [0.25, 0.3) is 0 Å². The van der Waals surface area contributed by atoms with E-state index in [4.69, 9.17) is 56.8 Å². The molecule has 50 heavy (non-hydrogen) atoms. The lowest BCUT2D eigenvalue weighted by Crippen LogP contribution is -2.77. The predicted molar refractivity (Wildman–Crippen MR) is 154 cm³/mol. The zero-order valence-electron chi connectivity index (χ0n) is 28.6. The summed E-state index contributed by atoms with van der Waals surface area (Å²) in [4.78, 5) is 97.2. The van der Waals surface area contributed by atoms with Gasteiger partial charge in [0, 0.05) is 55.4 Å². The van der Waals surface area contributed by atoms with Crippen molar-refractivity contribution in [1.29, 1.82) is 0 Å². The van der Waals surface area contributed by atoms with E-state index in [1.807, 2.05) is 0 Å². The van der Waals surface area contributed by atoms with E-state index in [0.29, 0.717) is 0 Å². The van der Waals surface area contributed by atoms with E-state index in [2.05, 4.69) is 0 Å². The fourth-order valence-corrected chi connectivity index (χ4v) is 5.68. The molecule has 3 saturated heterocycles. The number of ether oxygens (including phenoxy) is 12. The van der Waals surface area contributed by atoms with Gasteiger partial charge in [0.15, 0.2) is 36.6 Å². The van der Waals surface area contributed by atoms with Crippen molar-refractivity contribution >= 4 is 47.8 Å². The summed E-state index contributed by atoms with van der Waals surface area (Å²) in [5, 5.41) is 0. The molecule has 3 aliphatic rings. The highest BCUT2D eigenvalue weighted by molar-refractivity contribution is 5.70. The van der Waals surface area contributed by atoms with Crippen LogP contribution < -0.4 is 0 Å². The van der Waals surface area contributed by atoms with Gasteiger partial charge in [0.1, 0.15) is 38.6 Å². The minimum Gasteiger partial charge on any atom is -0.463 e. The van der Waals surface area contributed by atoms with Gasteiger partial charge in [-0.15, -0.1) is 0 Å². The van der Waals surface area contributed by atoms with Crippen molar-refractivity contribution in [2.24, 2.45) is 0 Å². The summed E-state index contributed by atoms with van der Waals surface area (Å²) < 4.78 is 67.7. The molecule has 0 aromatic carbocycles. The van der Waals surface area contributed by atoms with Crippen LogP contribution in [0.4, 0.5) is 0 Å². The van der Waals surface area contributed by atoms with Gasteiger partial charge in [0.2, 0.25) is 11.6 Å². The van der Waals surface area contributed by atoms with Crippen LogP contribution >= 0.6 is 0 Å². The van der Waals surface area contributed by atoms with Gasteiger partial charge in [-0.2, -0.15) is 0 Å². The second kappa shape index (κ2) is 16.5. The molecular formula is C30H40O20. The summed E-state index contributed by atoms with van der Waals surface area (Å²) in [5.74, 6) is -11.4. The molecule has 0 aliphatic carbocycles. The first-order valence-electron chi connectivity index (χ1n) is 15.2. The highest BCUT2D eigenvalue weighted by atomic mass is 16.8. The summed E-state index contributed by atoms with van der Waals surface area (Å²) in [6, 6.07) is 0. The average molecular weight is 721 g/mol. The molecule has 0 aromatic heterocycles. The highest BCUT2D eigenvalue weighted by Crippen LogP contribution is 2.45. The Balaban J connectivity index is 2.15. The summed E-state index contributed by atoms with van der Waals surface area (Å²) >= 11 is 0. The maximum atomic E-state index is 12.4. The van der Waals surface area contributed by atoms with Crippen LogP contribution in [0.3, 0.4) is 0 Å². The summed E-state index contributed by atoms with van der Waals surface area (Å²) in [7, 11) is 0. The lowest BCUT2D eigenvalue weighted by atomic mass is 9.88. The van der Waals surface area contributed by atoms with Gasteiger partial charge in [0.25, 0.3) is 0 Å². The van der Waals surface area contributed by atoms with Gasteiger partial charge >= 0.3 is 47.8 Å². The van der Waals surface area contributed by atoms with Crippen LogP contribution in [0.15, 0.2) is 0 Å². The molecule has 280 valence electrons. The third-order valence-electron chi connectivity index (χ3n) is 7.28. The Kier molecular flexibility index (Phi) is 13.2. The number of carbonyl (C=O) groups is 8. The van der Waals surface area contributed by atoms with Gasteiger partial charge < -0.3 is 56.8 Å². The lowest BCUT2D eigenvalue weighted by molar-refractivity contribution is -0.466. The van der Waals surface area contributed by atoms with E-state index >= 15 is 0 Å². The average Bonchev–Trinajstić information content (AvgIpc) is 2.98. The molecule has 3 fully saturated rings. The molecular weight excluding hydrogens is 680 g/mol. The maximum Gasteiger partial charge on any atom is 0.303 e. The van der Waals surface area contributed by atoms with Crippen LogP contribution in [0.2, 0.25) is 0 Å². The molecule has 0 unspecified atom stereocenters. The smallest absolute Gasteiger partial charge is 0.303 e. The van der Waals surface area contributed by atoms with Crippen LogP contribution in [0, 0.1) is 0 Å². The van der Waals surface area contributed by atoms with E-state index in [1.54, 1.807) is 0 Å². The minimum atomic E-state index is -2.24. The van der Waals surface area contributed by atoms with E-state index in [9.17, 15) is 38.4 Å². The first-order valence-corrected chi connectivity index (χ1v) is 15.2. The lowest BCUT2D eigenvalue weighted by Gasteiger charge is -2.57. The van der Waals surface area contributed by atoms with Crippen molar-refractivity contribution in [2.45, 2.75) is 116 Å². The Bertz CT molecular complexity index is 1230. The monoisotopic (exact) mass is 720 g/mol. The fourth-order valence-electron chi connectivity index (χ4n) is 5.68. The quantitative estimate of drug-likeness (QED) is 0.193. The molecule has 0 saturated carbocycles. The molecule has 0 N–H and O–H groups in total. The van der Waals surface area contributed by atoms with Gasteiger partial charge in [-0.05, 0) is 0 Å². The van der Waals surface area contributed by atoms with Crippen molar-refractivity contribution in [1.82, 2.24) is 0 Å². The SMILES string of the molecule is CC(=O)OC[C@H]1O[C@@]2(CO[C@]3(CO2)O[C@H](COC(C)=O)[C@@H](OC(C)=O)[C@H](OC(C)=O)[C@H]3OC(C)=O)[C@H](OC(C)=O)[C@@H](OC(C)=O)[C@@H]1OC(C)=O. The normalized spacial score (nSPS) is 33.3. The molecule has 0 aromatic rings. The summed E-state index contributed by atoms with van der Waals surface area (Å²) in [6.07, 6.45) is -12.6. The third kappa shape index (κ3) is 9.86. The Morgan fingerprint density at radius 1 is 0.440 bits per heavy atom. The Hall–Kier alpha value is -4.40. The standard InChI is InChI=1S/C30H40O20/c1-13(31)39-9-21-23(43-15(3)33)25(45-17(5)35)27(47-19(7)37)29(49-21)11-42-30(12-41-29)28(48-20(8)38)26(46-18(6)36)24(44-16(4)34)22(50-30)10-40-14(2)32/h21-28H,9-12H2,1-8H3/t21-,22-,23-,24-,25+,26+,27-,28-,29-,30+/m1/s1. The van der Waals surface area contributed by atoms with E-state index < -0.39 is 135 Å². The van der Waals surface area contributed by atoms with Crippen LogP contribution in [0.5, 0.6) is 0 Å². The first kappa shape index (κ1) is 40.0. The minimum absolute atomic E-state index is 0.580. The van der Waals surface area contributed by atoms with Crippen LogP contribution in [0.1, 0.15) is 55.4 Å². The molecule has 3 heterocycles. The number of carbonyl (C=O) groups excluding carboxylic acids is 8. The summed E-state index contributed by atoms with van der Waals surface area (Å²) in [6.45, 7) is 5.62. The third-order valence-corrected chi connectivity index (χ3v) is 7.28. The van der Waals surface area contributed by atoms with Crippen LogP contribution in [-0.4, -0.2) is 135 Å².